The second kappa shape index (κ2) is 6.59. The molecule has 0 spiro atoms. The van der Waals surface area contributed by atoms with Crippen LogP contribution in [0, 0.1) is 12.7 Å². The highest BCUT2D eigenvalue weighted by molar-refractivity contribution is 6.31. The molecule has 1 N–H and O–H groups in total. The van der Waals surface area contributed by atoms with Crippen LogP contribution in [0.1, 0.15) is 23.6 Å². The summed E-state index contributed by atoms with van der Waals surface area (Å²) in [6.07, 6.45) is 0. The Hall–Kier alpha value is -2.07. The number of benzene rings is 2. The van der Waals surface area contributed by atoms with E-state index in [1.165, 1.54) is 12.1 Å². The Labute approximate surface area is 127 Å². The van der Waals surface area contributed by atoms with E-state index in [2.05, 4.69) is 5.16 Å². The molecule has 21 heavy (non-hydrogen) atoms. The van der Waals surface area contributed by atoms with Crippen LogP contribution in [0.2, 0.25) is 5.02 Å². The van der Waals surface area contributed by atoms with Crippen molar-refractivity contribution in [3.05, 3.63) is 63.9 Å². The molecule has 2 rings (SSSR count). The second-order valence-electron chi connectivity index (χ2n) is 4.71. The minimum atomic E-state index is -0.386. The van der Waals surface area contributed by atoms with Crippen molar-refractivity contribution in [2.24, 2.45) is 5.16 Å². The van der Waals surface area contributed by atoms with Crippen molar-refractivity contribution in [1.29, 1.82) is 0 Å². The van der Waals surface area contributed by atoms with Gasteiger partial charge in [0.15, 0.2) is 0 Å². The van der Waals surface area contributed by atoms with Crippen molar-refractivity contribution < 1.29 is 14.3 Å². The van der Waals surface area contributed by atoms with Crippen LogP contribution in [0.25, 0.3) is 0 Å². The summed E-state index contributed by atoms with van der Waals surface area (Å²) in [7, 11) is 0. The first-order valence-corrected chi connectivity index (χ1v) is 6.75. The van der Waals surface area contributed by atoms with Crippen LogP contribution in [-0.4, -0.2) is 10.9 Å². The molecule has 0 radical (unpaired) electrons. The molecule has 0 aromatic heterocycles. The predicted molar refractivity (Wildman–Crippen MR) is 80.9 cm³/mol. The van der Waals surface area contributed by atoms with E-state index in [4.69, 9.17) is 21.5 Å². The van der Waals surface area contributed by atoms with Gasteiger partial charge >= 0.3 is 0 Å². The molecular weight excluding hydrogens is 293 g/mol. The summed E-state index contributed by atoms with van der Waals surface area (Å²) in [6, 6.07) is 9.75. The lowest BCUT2D eigenvalue weighted by molar-refractivity contribution is 0.303. The largest absolute Gasteiger partial charge is 0.488 e. The molecular formula is C16H15ClFNO2. The van der Waals surface area contributed by atoms with E-state index in [1.807, 2.05) is 25.1 Å². The number of hydrogen-bond donors (Lipinski definition) is 1. The fourth-order valence-electron chi connectivity index (χ4n) is 1.90. The van der Waals surface area contributed by atoms with Gasteiger partial charge in [0.25, 0.3) is 0 Å². The number of oxime groups is 1. The van der Waals surface area contributed by atoms with E-state index in [0.29, 0.717) is 27.6 Å². The highest BCUT2D eigenvalue weighted by atomic mass is 35.5. The number of halogens is 2. The highest BCUT2D eigenvalue weighted by Crippen LogP contribution is 2.24. The Kier molecular flexibility index (Phi) is 4.81. The summed E-state index contributed by atoms with van der Waals surface area (Å²) < 4.78 is 18.8. The zero-order valence-corrected chi connectivity index (χ0v) is 12.5. The quantitative estimate of drug-likeness (QED) is 0.511. The van der Waals surface area contributed by atoms with Gasteiger partial charge in [0, 0.05) is 11.1 Å². The lowest BCUT2D eigenvalue weighted by atomic mass is 10.1. The molecule has 2 aromatic rings. The van der Waals surface area contributed by atoms with Crippen molar-refractivity contribution in [2.75, 3.05) is 0 Å². The Morgan fingerprint density at radius 2 is 2.05 bits per heavy atom. The molecule has 0 saturated heterocycles. The van der Waals surface area contributed by atoms with Crippen LogP contribution >= 0.6 is 11.6 Å². The van der Waals surface area contributed by atoms with Crippen LogP contribution in [0.3, 0.4) is 0 Å². The third-order valence-electron chi connectivity index (χ3n) is 3.08. The average Bonchev–Trinajstić information content (AvgIpc) is 2.45. The number of rotatable bonds is 4. The van der Waals surface area contributed by atoms with Crippen molar-refractivity contribution in [2.45, 2.75) is 20.5 Å². The molecule has 2 aromatic carbocycles. The van der Waals surface area contributed by atoms with E-state index in [-0.39, 0.29) is 12.4 Å². The standard InChI is InChI=1S/C16H15ClFNO2/c1-10-3-6-14(11(2)19-20)16(7-10)21-9-12-4-5-13(18)8-15(12)17/h3-8,20H,9H2,1-2H3. The summed E-state index contributed by atoms with van der Waals surface area (Å²) in [6.45, 7) is 3.82. The topological polar surface area (TPSA) is 41.8 Å². The van der Waals surface area contributed by atoms with Gasteiger partial charge in [-0.1, -0.05) is 28.9 Å². The van der Waals surface area contributed by atoms with Crippen molar-refractivity contribution in [1.82, 2.24) is 0 Å². The summed E-state index contributed by atoms with van der Waals surface area (Å²) in [5, 5.41) is 12.4. The molecule has 0 aliphatic heterocycles. The number of nitrogens with zero attached hydrogens (tertiary/aromatic N) is 1. The molecule has 0 saturated carbocycles. The maximum Gasteiger partial charge on any atom is 0.129 e. The summed E-state index contributed by atoms with van der Waals surface area (Å²) >= 11 is 5.97. The maximum atomic E-state index is 13.0. The van der Waals surface area contributed by atoms with Crippen LogP contribution in [0.4, 0.5) is 4.39 Å². The smallest absolute Gasteiger partial charge is 0.129 e. The van der Waals surface area contributed by atoms with Gasteiger partial charge in [-0.25, -0.2) is 4.39 Å². The lowest BCUT2D eigenvalue weighted by Gasteiger charge is -2.12. The van der Waals surface area contributed by atoms with E-state index >= 15 is 0 Å². The summed E-state index contributed by atoms with van der Waals surface area (Å²) in [5.41, 5.74) is 2.85. The Morgan fingerprint density at radius 3 is 2.71 bits per heavy atom. The highest BCUT2D eigenvalue weighted by Gasteiger charge is 2.09. The summed E-state index contributed by atoms with van der Waals surface area (Å²) in [4.78, 5) is 0. The average molecular weight is 308 g/mol. The Morgan fingerprint density at radius 1 is 1.29 bits per heavy atom. The van der Waals surface area contributed by atoms with E-state index in [0.717, 1.165) is 5.56 Å². The first-order chi connectivity index (χ1) is 10.0. The zero-order valence-electron chi connectivity index (χ0n) is 11.7. The van der Waals surface area contributed by atoms with Crippen molar-refractivity contribution >= 4 is 17.3 Å². The number of aryl methyl sites for hydroxylation is 1. The molecule has 0 heterocycles. The van der Waals surface area contributed by atoms with E-state index < -0.39 is 0 Å². The molecule has 110 valence electrons. The zero-order chi connectivity index (χ0) is 15.4. The molecule has 0 aliphatic carbocycles. The first-order valence-electron chi connectivity index (χ1n) is 6.37. The minimum absolute atomic E-state index is 0.203. The van der Waals surface area contributed by atoms with Gasteiger partial charge in [0.05, 0.1) is 10.7 Å². The molecule has 0 atom stereocenters. The van der Waals surface area contributed by atoms with Crippen LogP contribution in [-0.2, 0) is 6.61 Å². The number of ether oxygens (including phenoxy) is 1. The molecule has 0 amide bonds. The molecule has 0 fully saturated rings. The van der Waals surface area contributed by atoms with E-state index in [9.17, 15) is 4.39 Å². The van der Waals surface area contributed by atoms with Gasteiger partial charge in [0.2, 0.25) is 0 Å². The normalized spacial score (nSPS) is 11.5. The van der Waals surface area contributed by atoms with Gasteiger partial charge in [-0.15, -0.1) is 0 Å². The molecule has 3 nitrogen and oxygen atoms in total. The van der Waals surface area contributed by atoms with Gasteiger partial charge in [0.1, 0.15) is 18.2 Å². The van der Waals surface area contributed by atoms with Gasteiger partial charge in [-0.05, 0) is 43.7 Å². The lowest BCUT2D eigenvalue weighted by Crippen LogP contribution is -2.03. The van der Waals surface area contributed by atoms with Gasteiger partial charge in [-0.2, -0.15) is 0 Å². The fraction of sp³-hybridized carbons (Fsp3) is 0.188. The van der Waals surface area contributed by atoms with Crippen molar-refractivity contribution in [3.63, 3.8) is 0 Å². The molecule has 5 heteroatoms. The number of hydrogen-bond acceptors (Lipinski definition) is 3. The monoisotopic (exact) mass is 307 g/mol. The van der Waals surface area contributed by atoms with Crippen molar-refractivity contribution in [3.8, 4) is 5.75 Å². The molecule has 0 unspecified atom stereocenters. The fourth-order valence-corrected chi connectivity index (χ4v) is 2.12. The Bertz CT molecular complexity index is 686. The van der Waals surface area contributed by atoms with E-state index in [1.54, 1.807) is 13.0 Å². The SMILES string of the molecule is CC(=NO)c1ccc(C)cc1OCc1ccc(F)cc1Cl. The second-order valence-corrected chi connectivity index (χ2v) is 5.12. The minimum Gasteiger partial charge on any atom is -0.488 e. The van der Waals surface area contributed by atoms with Crippen LogP contribution in [0.15, 0.2) is 41.6 Å². The van der Waals surface area contributed by atoms with Crippen LogP contribution < -0.4 is 4.74 Å². The summed E-state index contributed by atoms with van der Waals surface area (Å²) in [5.74, 6) is 0.203. The first kappa shape index (κ1) is 15.3. The third kappa shape index (κ3) is 3.73. The van der Waals surface area contributed by atoms with Crippen LogP contribution in [0.5, 0.6) is 5.75 Å². The van der Waals surface area contributed by atoms with Gasteiger partial charge < -0.3 is 9.94 Å². The Balaban J connectivity index is 2.25. The predicted octanol–water partition coefficient (Wildman–Crippen LogP) is 4.56. The third-order valence-corrected chi connectivity index (χ3v) is 3.43. The van der Waals surface area contributed by atoms with Gasteiger partial charge in [-0.3, -0.25) is 0 Å². The molecule has 0 bridgehead atoms. The maximum absolute atomic E-state index is 13.0. The molecule has 0 aliphatic rings.